The molecular formula is C20H27N3O2. The molecule has 0 spiro atoms. The number of β-amino-alcohol motifs (C(OH)–C–C–N with tert-alkyl or cyclic N) is 1. The van der Waals surface area contributed by atoms with Crippen LogP contribution in [0.5, 0.6) is 0 Å². The van der Waals surface area contributed by atoms with Gasteiger partial charge in [0.05, 0.1) is 25.0 Å². The third-order valence-corrected chi connectivity index (χ3v) is 4.45. The molecule has 2 aromatic rings. The Morgan fingerprint density at radius 3 is 2.80 bits per heavy atom. The molecule has 0 saturated carbocycles. The molecule has 1 N–H and O–H groups in total. The van der Waals surface area contributed by atoms with E-state index in [1.54, 1.807) is 0 Å². The van der Waals surface area contributed by atoms with E-state index in [0.29, 0.717) is 25.7 Å². The fourth-order valence-electron chi connectivity index (χ4n) is 3.04. The maximum absolute atomic E-state index is 10.3. The van der Waals surface area contributed by atoms with Gasteiger partial charge in [-0.15, -0.1) is 0 Å². The Kier molecular flexibility index (Phi) is 6.13. The normalized spacial score (nSPS) is 16.0. The zero-order valence-corrected chi connectivity index (χ0v) is 15.1. The summed E-state index contributed by atoms with van der Waals surface area (Å²) in [4.78, 5) is 11.4. The van der Waals surface area contributed by atoms with Crippen molar-refractivity contribution in [1.82, 2.24) is 14.9 Å². The fourth-order valence-corrected chi connectivity index (χ4v) is 3.04. The zero-order chi connectivity index (χ0) is 17.6. The standard InChI is InChI=1S/C20H27N3O2/c1-15(2)20-21-10-17-8-9-23(12-19(17)22-20)11-18(24)14-25-13-16-6-4-3-5-7-16/h3-7,10,15,18,24H,8-9,11-14H2,1-2H3. The van der Waals surface area contributed by atoms with E-state index >= 15 is 0 Å². The summed E-state index contributed by atoms with van der Waals surface area (Å²) in [6.45, 7) is 7.40. The second-order valence-electron chi connectivity index (χ2n) is 6.99. The quantitative estimate of drug-likeness (QED) is 0.839. The first-order chi connectivity index (χ1) is 12.1. The minimum Gasteiger partial charge on any atom is -0.389 e. The first-order valence-corrected chi connectivity index (χ1v) is 8.98. The van der Waals surface area contributed by atoms with Crippen molar-refractivity contribution in [3.63, 3.8) is 0 Å². The predicted molar refractivity (Wildman–Crippen MR) is 97.2 cm³/mol. The number of aromatic nitrogens is 2. The van der Waals surface area contributed by atoms with Gasteiger partial charge in [0.15, 0.2) is 0 Å². The van der Waals surface area contributed by atoms with E-state index in [-0.39, 0.29) is 0 Å². The van der Waals surface area contributed by atoms with Crippen LogP contribution in [0.15, 0.2) is 36.5 Å². The van der Waals surface area contributed by atoms with Crippen molar-refractivity contribution in [2.24, 2.45) is 0 Å². The zero-order valence-electron chi connectivity index (χ0n) is 15.1. The predicted octanol–water partition coefficient (Wildman–Crippen LogP) is 2.54. The van der Waals surface area contributed by atoms with Gasteiger partial charge in [-0.05, 0) is 17.5 Å². The molecule has 0 amide bonds. The summed E-state index contributed by atoms with van der Waals surface area (Å²) in [5.41, 5.74) is 3.46. The SMILES string of the molecule is CC(C)c1ncc2c(n1)CN(CC(O)COCc1ccccc1)CC2. The maximum Gasteiger partial charge on any atom is 0.131 e. The number of fused-ring (bicyclic) bond motifs is 1. The highest BCUT2D eigenvalue weighted by Gasteiger charge is 2.21. The van der Waals surface area contributed by atoms with Crippen LogP contribution in [-0.2, 0) is 24.3 Å². The van der Waals surface area contributed by atoms with Crippen LogP contribution in [0.2, 0.25) is 0 Å². The molecule has 25 heavy (non-hydrogen) atoms. The third-order valence-electron chi connectivity index (χ3n) is 4.45. The molecule has 0 radical (unpaired) electrons. The number of hydrogen-bond acceptors (Lipinski definition) is 5. The first kappa shape index (κ1) is 18.0. The van der Waals surface area contributed by atoms with E-state index in [0.717, 1.165) is 36.6 Å². The molecular weight excluding hydrogens is 314 g/mol. The van der Waals surface area contributed by atoms with Gasteiger partial charge in [-0.25, -0.2) is 9.97 Å². The largest absolute Gasteiger partial charge is 0.389 e. The average Bonchev–Trinajstić information content (AvgIpc) is 2.62. The molecule has 2 heterocycles. The molecule has 1 aromatic carbocycles. The lowest BCUT2D eigenvalue weighted by molar-refractivity contribution is 0.00747. The fraction of sp³-hybridized carbons (Fsp3) is 0.500. The minimum absolute atomic E-state index is 0.331. The number of nitrogens with zero attached hydrogens (tertiary/aromatic N) is 3. The molecule has 1 aliphatic rings. The number of benzene rings is 1. The Hall–Kier alpha value is -1.82. The van der Waals surface area contributed by atoms with E-state index < -0.39 is 6.10 Å². The lowest BCUT2D eigenvalue weighted by Crippen LogP contribution is -2.39. The second-order valence-corrected chi connectivity index (χ2v) is 6.99. The van der Waals surface area contributed by atoms with Crippen molar-refractivity contribution in [1.29, 1.82) is 0 Å². The van der Waals surface area contributed by atoms with E-state index in [1.165, 1.54) is 5.56 Å². The average molecular weight is 341 g/mol. The first-order valence-electron chi connectivity index (χ1n) is 8.98. The topological polar surface area (TPSA) is 58.5 Å². The van der Waals surface area contributed by atoms with Crippen molar-refractivity contribution < 1.29 is 9.84 Å². The van der Waals surface area contributed by atoms with Gasteiger partial charge in [0.25, 0.3) is 0 Å². The van der Waals surface area contributed by atoms with Gasteiger partial charge in [-0.2, -0.15) is 0 Å². The summed E-state index contributed by atoms with van der Waals surface area (Å²) in [5.74, 6) is 1.23. The van der Waals surface area contributed by atoms with Crippen LogP contribution in [0.3, 0.4) is 0 Å². The van der Waals surface area contributed by atoms with Crippen molar-refractivity contribution in [2.45, 2.75) is 45.4 Å². The number of rotatable bonds is 7. The van der Waals surface area contributed by atoms with Crippen molar-refractivity contribution in [3.05, 3.63) is 59.2 Å². The van der Waals surface area contributed by atoms with Crippen molar-refractivity contribution in [2.75, 3.05) is 19.7 Å². The second kappa shape index (κ2) is 8.52. The summed E-state index contributed by atoms with van der Waals surface area (Å²) >= 11 is 0. The molecule has 0 fully saturated rings. The van der Waals surface area contributed by atoms with Crippen LogP contribution in [0.4, 0.5) is 0 Å². The van der Waals surface area contributed by atoms with Gasteiger partial charge in [-0.3, -0.25) is 4.90 Å². The molecule has 1 aromatic heterocycles. The summed E-state index contributed by atoms with van der Waals surface area (Å²) in [7, 11) is 0. The molecule has 1 unspecified atom stereocenters. The Morgan fingerprint density at radius 1 is 1.24 bits per heavy atom. The van der Waals surface area contributed by atoms with Gasteiger partial charge < -0.3 is 9.84 Å². The van der Waals surface area contributed by atoms with E-state index in [9.17, 15) is 5.11 Å². The van der Waals surface area contributed by atoms with E-state index in [2.05, 4.69) is 23.7 Å². The Bertz CT molecular complexity index is 676. The Balaban J connectivity index is 1.48. The Morgan fingerprint density at radius 2 is 2.04 bits per heavy atom. The molecule has 5 heteroatoms. The van der Waals surface area contributed by atoms with Gasteiger partial charge in [-0.1, -0.05) is 44.2 Å². The molecule has 0 aliphatic carbocycles. The molecule has 3 rings (SSSR count). The smallest absolute Gasteiger partial charge is 0.131 e. The summed E-state index contributed by atoms with van der Waals surface area (Å²) in [5, 5.41) is 10.3. The van der Waals surface area contributed by atoms with Gasteiger partial charge >= 0.3 is 0 Å². The number of aliphatic hydroxyl groups excluding tert-OH is 1. The van der Waals surface area contributed by atoms with Crippen LogP contribution in [0.25, 0.3) is 0 Å². The van der Waals surface area contributed by atoms with Crippen LogP contribution < -0.4 is 0 Å². The summed E-state index contributed by atoms with van der Waals surface area (Å²) in [6.07, 6.45) is 2.41. The third kappa shape index (κ3) is 5.08. The highest BCUT2D eigenvalue weighted by atomic mass is 16.5. The van der Waals surface area contributed by atoms with Gasteiger partial charge in [0, 0.05) is 31.7 Å². The highest BCUT2D eigenvalue weighted by Crippen LogP contribution is 2.19. The maximum atomic E-state index is 10.3. The molecule has 5 nitrogen and oxygen atoms in total. The van der Waals surface area contributed by atoms with Crippen molar-refractivity contribution in [3.8, 4) is 0 Å². The Labute approximate surface area is 149 Å². The molecule has 1 aliphatic heterocycles. The number of hydrogen-bond donors (Lipinski definition) is 1. The van der Waals surface area contributed by atoms with Crippen LogP contribution in [0, 0.1) is 0 Å². The minimum atomic E-state index is -0.489. The summed E-state index contributed by atoms with van der Waals surface area (Å²) in [6, 6.07) is 10.0. The summed E-state index contributed by atoms with van der Waals surface area (Å²) < 4.78 is 5.64. The molecule has 134 valence electrons. The van der Waals surface area contributed by atoms with Crippen molar-refractivity contribution >= 4 is 0 Å². The molecule has 1 atom stereocenters. The highest BCUT2D eigenvalue weighted by molar-refractivity contribution is 5.21. The molecule has 0 saturated heterocycles. The van der Waals surface area contributed by atoms with Gasteiger partial charge in [0.1, 0.15) is 5.82 Å². The lowest BCUT2D eigenvalue weighted by atomic mass is 10.1. The molecule has 0 bridgehead atoms. The number of aliphatic hydroxyl groups is 1. The van der Waals surface area contributed by atoms with Crippen LogP contribution in [0.1, 0.15) is 42.4 Å². The van der Waals surface area contributed by atoms with Gasteiger partial charge in [0.2, 0.25) is 0 Å². The van der Waals surface area contributed by atoms with Crippen LogP contribution in [-0.4, -0.2) is 45.8 Å². The van der Waals surface area contributed by atoms with E-state index in [1.807, 2.05) is 36.5 Å². The monoisotopic (exact) mass is 341 g/mol. The lowest BCUT2D eigenvalue weighted by Gasteiger charge is -2.29. The van der Waals surface area contributed by atoms with Crippen LogP contribution >= 0.6 is 0 Å². The van der Waals surface area contributed by atoms with E-state index in [4.69, 9.17) is 9.72 Å². The number of ether oxygens (including phenoxy) is 1.